The summed E-state index contributed by atoms with van der Waals surface area (Å²) in [7, 11) is 0. The van der Waals surface area contributed by atoms with Crippen molar-refractivity contribution in [1.82, 2.24) is 9.97 Å². The van der Waals surface area contributed by atoms with E-state index in [1.54, 1.807) is 6.20 Å². The molecule has 0 saturated heterocycles. The summed E-state index contributed by atoms with van der Waals surface area (Å²) in [4.78, 5) is 8.53. The highest BCUT2D eigenvalue weighted by Crippen LogP contribution is 2.28. The lowest BCUT2D eigenvalue weighted by Gasteiger charge is -2.09. The van der Waals surface area contributed by atoms with Gasteiger partial charge in [0.15, 0.2) is 0 Å². The van der Waals surface area contributed by atoms with Gasteiger partial charge in [-0.1, -0.05) is 18.2 Å². The fourth-order valence-electron chi connectivity index (χ4n) is 2.01. The van der Waals surface area contributed by atoms with E-state index in [0.29, 0.717) is 17.3 Å². The van der Waals surface area contributed by atoms with Gasteiger partial charge in [-0.15, -0.1) is 0 Å². The number of aliphatic hydroxyl groups is 1. The zero-order valence-corrected chi connectivity index (χ0v) is 11.1. The largest absolute Gasteiger partial charge is 0.437 e. The van der Waals surface area contributed by atoms with Crippen molar-refractivity contribution >= 4 is 10.8 Å². The lowest BCUT2D eigenvalue weighted by atomic mass is 10.1. The number of aryl methyl sites for hydroxylation is 1. The number of aliphatic hydroxyl groups excluding tert-OH is 1. The first-order chi connectivity index (χ1) is 9.76. The molecule has 0 saturated carbocycles. The summed E-state index contributed by atoms with van der Waals surface area (Å²) < 4.78 is 5.80. The number of ether oxygens (including phenoxy) is 1. The molecule has 0 atom stereocenters. The van der Waals surface area contributed by atoms with Crippen LogP contribution in [0.1, 0.15) is 11.4 Å². The molecule has 0 aliphatic carbocycles. The quantitative estimate of drug-likeness (QED) is 0.790. The fourth-order valence-corrected chi connectivity index (χ4v) is 2.01. The highest BCUT2D eigenvalue weighted by molar-refractivity contribution is 5.87. The zero-order chi connectivity index (χ0) is 13.9. The summed E-state index contributed by atoms with van der Waals surface area (Å²) >= 11 is 0. The summed E-state index contributed by atoms with van der Waals surface area (Å²) in [6, 6.07) is 13.4. The van der Waals surface area contributed by atoms with Crippen LogP contribution in [0.3, 0.4) is 0 Å². The van der Waals surface area contributed by atoms with Crippen LogP contribution in [0.4, 0.5) is 0 Å². The molecule has 3 rings (SSSR count). The van der Waals surface area contributed by atoms with E-state index in [4.69, 9.17) is 4.74 Å². The Morgan fingerprint density at radius 2 is 2.00 bits per heavy atom. The molecule has 4 nitrogen and oxygen atoms in total. The van der Waals surface area contributed by atoms with Crippen molar-refractivity contribution < 1.29 is 9.84 Å². The van der Waals surface area contributed by atoms with E-state index >= 15 is 0 Å². The summed E-state index contributed by atoms with van der Waals surface area (Å²) in [5, 5.41) is 11.2. The molecule has 1 aromatic carbocycles. The highest BCUT2D eigenvalue weighted by Gasteiger charge is 2.08. The van der Waals surface area contributed by atoms with Crippen LogP contribution in [-0.4, -0.2) is 15.1 Å². The van der Waals surface area contributed by atoms with Gasteiger partial charge in [-0.05, 0) is 36.6 Å². The number of aromatic nitrogens is 2. The minimum Gasteiger partial charge on any atom is -0.437 e. The smallest absolute Gasteiger partial charge is 0.227 e. The molecule has 1 N–H and O–H groups in total. The molecular formula is C16H14N2O2. The van der Waals surface area contributed by atoms with Crippen LogP contribution in [-0.2, 0) is 6.61 Å². The maximum Gasteiger partial charge on any atom is 0.227 e. The molecule has 100 valence electrons. The number of rotatable bonds is 3. The molecule has 3 aromatic rings. The van der Waals surface area contributed by atoms with Crippen LogP contribution in [0, 0.1) is 6.92 Å². The van der Waals surface area contributed by atoms with Crippen molar-refractivity contribution in [3.8, 4) is 11.6 Å². The maximum absolute atomic E-state index is 9.29. The van der Waals surface area contributed by atoms with Crippen molar-refractivity contribution in [1.29, 1.82) is 0 Å². The second kappa shape index (κ2) is 5.27. The van der Waals surface area contributed by atoms with E-state index in [0.717, 1.165) is 16.5 Å². The highest BCUT2D eigenvalue weighted by atomic mass is 16.5. The van der Waals surface area contributed by atoms with E-state index in [9.17, 15) is 5.11 Å². The second-order valence-electron chi connectivity index (χ2n) is 4.54. The third-order valence-corrected chi connectivity index (χ3v) is 3.02. The molecule has 0 radical (unpaired) electrons. The first kappa shape index (κ1) is 12.6. The Kier molecular flexibility index (Phi) is 3.31. The van der Waals surface area contributed by atoms with Gasteiger partial charge in [0.1, 0.15) is 5.75 Å². The number of fused-ring (bicyclic) bond motifs is 1. The molecule has 2 heterocycles. The Hall–Kier alpha value is -2.46. The maximum atomic E-state index is 9.29. The molecule has 0 aliphatic heterocycles. The van der Waals surface area contributed by atoms with Gasteiger partial charge >= 0.3 is 0 Å². The van der Waals surface area contributed by atoms with Crippen LogP contribution >= 0.6 is 0 Å². The van der Waals surface area contributed by atoms with Gasteiger partial charge in [0.05, 0.1) is 18.5 Å². The molecule has 0 aliphatic rings. The van der Waals surface area contributed by atoms with E-state index in [1.165, 1.54) is 0 Å². The van der Waals surface area contributed by atoms with Crippen LogP contribution in [0.2, 0.25) is 0 Å². The zero-order valence-electron chi connectivity index (χ0n) is 11.1. The predicted octanol–water partition coefficient (Wildman–Crippen LogP) is 3.22. The van der Waals surface area contributed by atoms with Crippen molar-refractivity contribution in [3.63, 3.8) is 0 Å². The van der Waals surface area contributed by atoms with E-state index in [1.807, 2.05) is 49.4 Å². The Balaban J connectivity index is 2.07. The lowest BCUT2D eigenvalue weighted by Crippen LogP contribution is -1.95. The first-order valence-electron chi connectivity index (χ1n) is 6.36. The Labute approximate surface area is 116 Å². The summed E-state index contributed by atoms with van der Waals surface area (Å²) in [5.74, 6) is 1.11. The molecule has 4 heteroatoms. The molecule has 0 unspecified atom stereocenters. The van der Waals surface area contributed by atoms with Gasteiger partial charge in [0.2, 0.25) is 5.88 Å². The average molecular weight is 266 g/mol. The van der Waals surface area contributed by atoms with Gasteiger partial charge < -0.3 is 9.84 Å². The van der Waals surface area contributed by atoms with Gasteiger partial charge in [-0.2, -0.15) is 0 Å². The normalized spacial score (nSPS) is 10.7. The molecule has 0 bridgehead atoms. The number of benzene rings is 1. The molecule has 0 fully saturated rings. The monoisotopic (exact) mass is 266 g/mol. The number of nitrogens with zero attached hydrogens (tertiary/aromatic N) is 2. The van der Waals surface area contributed by atoms with Crippen molar-refractivity contribution in [3.05, 3.63) is 60.0 Å². The van der Waals surface area contributed by atoms with E-state index in [-0.39, 0.29) is 6.61 Å². The van der Waals surface area contributed by atoms with Crippen molar-refractivity contribution in [2.45, 2.75) is 13.5 Å². The summed E-state index contributed by atoms with van der Waals surface area (Å²) in [5.41, 5.74) is 1.51. The SMILES string of the molecule is Cc1ccc(Oc2nc(CO)cc3ccccc23)cn1. The van der Waals surface area contributed by atoms with Crippen LogP contribution in [0.15, 0.2) is 48.7 Å². The number of pyridine rings is 2. The Morgan fingerprint density at radius 1 is 1.15 bits per heavy atom. The lowest BCUT2D eigenvalue weighted by molar-refractivity contribution is 0.275. The standard InChI is InChI=1S/C16H14N2O2/c1-11-6-7-14(9-17-11)20-16-15-5-3-2-4-12(15)8-13(10-19)18-16/h2-9,19H,10H2,1H3. The van der Waals surface area contributed by atoms with Gasteiger partial charge in [0, 0.05) is 11.1 Å². The minimum atomic E-state index is -0.118. The third kappa shape index (κ3) is 2.46. The van der Waals surface area contributed by atoms with Gasteiger partial charge in [0.25, 0.3) is 0 Å². The Bertz CT molecular complexity index is 739. The minimum absolute atomic E-state index is 0.118. The molecule has 20 heavy (non-hydrogen) atoms. The summed E-state index contributed by atoms with van der Waals surface area (Å²) in [6.45, 7) is 1.80. The van der Waals surface area contributed by atoms with E-state index in [2.05, 4.69) is 9.97 Å². The fraction of sp³-hybridized carbons (Fsp3) is 0.125. The van der Waals surface area contributed by atoms with Gasteiger partial charge in [-0.3, -0.25) is 4.98 Å². The van der Waals surface area contributed by atoms with Gasteiger partial charge in [-0.25, -0.2) is 4.98 Å². The average Bonchev–Trinajstić information content (AvgIpc) is 2.49. The van der Waals surface area contributed by atoms with Crippen molar-refractivity contribution in [2.24, 2.45) is 0 Å². The first-order valence-corrected chi connectivity index (χ1v) is 6.36. The molecule has 0 spiro atoms. The predicted molar refractivity (Wildman–Crippen MR) is 76.7 cm³/mol. The second-order valence-corrected chi connectivity index (χ2v) is 4.54. The molecule has 0 amide bonds. The van der Waals surface area contributed by atoms with Crippen molar-refractivity contribution in [2.75, 3.05) is 0 Å². The van der Waals surface area contributed by atoms with Crippen LogP contribution in [0.5, 0.6) is 11.6 Å². The molecule has 2 aromatic heterocycles. The third-order valence-electron chi connectivity index (χ3n) is 3.02. The van der Waals surface area contributed by atoms with Crippen LogP contribution in [0.25, 0.3) is 10.8 Å². The number of hydrogen-bond donors (Lipinski definition) is 1. The van der Waals surface area contributed by atoms with Crippen LogP contribution < -0.4 is 4.74 Å². The molecular weight excluding hydrogens is 252 g/mol. The summed E-state index contributed by atoms with van der Waals surface area (Å²) in [6.07, 6.45) is 1.66. The topological polar surface area (TPSA) is 55.2 Å². The van der Waals surface area contributed by atoms with E-state index < -0.39 is 0 Å². The Morgan fingerprint density at radius 3 is 2.75 bits per heavy atom. The number of hydrogen-bond acceptors (Lipinski definition) is 4.